The lowest BCUT2D eigenvalue weighted by molar-refractivity contribution is -0.120. The summed E-state index contributed by atoms with van der Waals surface area (Å²) in [5.41, 5.74) is 1.87. The number of fused-ring (bicyclic) bond motifs is 1. The topological polar surface area (TPSA) is 67.4 Å². The summed E-state index contributed by atoms with van der Waals surface area (Å²) >= 11 is 6.83. The van der Waals surface area contributed by atoms with Gasteiger partial charge in [-0.25, -0.2) is 4.79 Å². The zero-order chi connectivity index (χ0) is 19.1. The molecule has 26 heavy (non-hydrogen) atoms. The van der Waals surface area contributed by atoms with Crippen LogP contribution in [0.15, 0.2) is 0 Å². The molecule has 1 fully saturated rings. The first-order chi connectivity index (χ1) is 12.2. The lowest BCUT2D eigenvalue weighted by atomic mass is 9.72. The second kappa shape index (κ2) is 7.27. The average Bonchev–Trinajstić information content (AvgIpc) is 3.34. The smallest absolute Gasteiger partial charge is 0.341 e. The Morgan fingerprint density at radius 1 is 1.23 bits per heavy atom. The highest BCUT2D eigenvalue weighted by molar-refractivity contribution is 7.80. The van der Waals surface area contributed by atoms with Crippen molar-refractivity contribution in [1.82, 2.24) is 5.32 Å². The number of thiocarbonyl (C=S) groups is 1. The fourth-order valence-electron chi connectivity index (χ4n) is 3.43. The van der Waals surface area contributed by atoms with Crippen LogP contribution in [0.5, 0.6) is 0 Å². The maximum absolute atomic E-state index is 12.4. The SMILES string of the molecule is COC(=O)c1c(NC(=S)NC(=O)C2CC2)sc2c1CCC(C(C)(C)C)C2. The molecular weight excluding hydrogens is 368 g/mol. The molecule has 2 N–H and O–H groups in total. The normalized spacial score (nSPS) is 19.5. The average molecular weight is 395 g/mol. The number of anilines is 1. The molecule has 0 radical (unpaired) electrons. The quantitative estimate of drug-likeness (QED) is 0.601. The number of carbonyl (C=O) groups is 2. The lowest BCUT2D eigenvalue weighted by Gasteiger charge is -2.33. The largest absolute Gasteiger partial charge is 0.465 e. The van der Waals surface area contributed by atoms with Crippen molar-refractivity contribution in [2.75, 3.05) is 12.4 Å². The van der Waals surface area contributed by atoms with E-state index in [9.17, 15) is 9.59 Å². The fourth-order valence-corrected chi connectivity index (χ4v) is 5.01. The van der Waals surface area contributed by atoms with Gasteiger partial charge in [-0.15, -0.1) is 11.3 Å². The molecule has 1 unspecified atom stereocenters. The van der Waals surface area contributed by atoms with Crippen LogP contribution in [0.25, 0.3) is 0 Å². The molecule has 3 rings (SSSR count). The maximum atomic E-state index is 12.4. The molecule has 0 saturated heterocycles. The van der Waals surface area contributed by atoms with Crippen LogP contribution in [-0.2, 0) is 22.4 Å². The summed E-state index contributed by atoms with van der Waals surface area (Å²) < 4.78 is 5.00. The number of hydrogen-bond acceptors (Lipinski definition) is 5. The summed E-state index contributed by atoms with van der Waals surface area (Å²) in [6.45, 7) is 6.79. The Balaban J connectivity index is 1.83. The van der Waals surface area contributed by atoms with E-state index >= 15 is 0 Å². The van der Waals surface area contributed by atoms with Crippen molar-refractivity contribution in [2.45, 2.75) is 52.9 Å². The predicted molar refractivity (Wildman–Crippen MR) is 108 cm³/mol. The number of rotatable bonds is 3. The van der Waals surface area contributed by atoms with Crippen LogP contribution in [-0.4, -0.2) is 24.1 Å². The monoisotopic (exact) mass is 394 g/mol. The first-order valence-corrected chi connectivity index (χ1v) is 10.3. The zero-order valence-electron chi connectivity index (χ0n) is 15.7. The summed E-state index contributed by atoms with van der Waals surface area (Å²) in [6, 6.07) is 0. The minimum absolute atomic E-state index is 0.0452. The zero-order valence-corrected chi connectivity index (χ0v) is 17.4. The second-order valence-electron chi connectivity index (χ2n) is 8.22. The van der Waals surface area contributed by atoms with E-state index in [1.165, 1.54) is 12.0 Å². The molecule has 1 aromatic heterocycles. The van der Waals surface area contributed by atoms with E-state index in [1.54, 1.807) is 11.3 Å². The van der Waals surface area contributed by atoms with Crippen LogP contribution >= 0.6 is 23.6 Å². The van der Waals surface area contributed by atoms with Crippen LogP contribution in [0.2, 0.25) is 0 Å². The van der Waals surface area contributed by atoms with Gasteiger partial charge in [0.25, 0.3) is 0 Å². The lowest BCUT2D eigenvalue weighted by Crippen LogP contribution is -2.35. The van der Waals surface area contributed by atoms with Gasteiger partial charge in [0.05, 0.1) is 12.7 Å². The van der Waals surface area contributed by atoms with E-state index in [-0.39, 0.29) is 28.3 Å². The van der Waals surface area contributed by atoms with Crippen molar-refractivity contribution in [3.63, 3.8) is 0 Å². The third-order valence-corrected chi connectivity index (χ3v) is 6.67. The van der Waals surface area contributed by atoms with Crippen molar-refractivity contribution in [1.29, 1.82) is 0 Å². The van der Waals surface area contributed by atoms with Gasteiger partial charge in [-0.1, -0.05) is 20.8 Å². The van der Waals surface area contributed by atoms with E-state index in [4.69, 9.17) is 17.0 Å². The number of amides is 1. The number of ether oxygens (including phenoxy) is 1. The number of esters is 1. The molecule has 7 heteroatoms. The Hall–Kier alpha value is -1.47. The van der Waals surface area contributed by atoms with E-state index < -0.39 is 0 Å². The summed E-state index contributed by atoms with van der Waals surface area (Å²) in [5, 5.41) is 6.72. The van der Waals surface area contributed by atoms with Crippen molar-refractivity contribution < 1.29 is 14.3 Å². The summed E-state index contributed by atoms with van der Waals surface area (Å²) in [7, 11) is 1.39. The standard InChI is InChI=1S/C19H26N2O3S2/c1-19(2,3)11-7-8-12-13(9-11)26-16(14(12)17(23)24-4)21-18(25)20-15(22)10-5-6-10/h10-11H,5-9H2,1-4H3,(H2,20,21,22,25). The molecule has 0 aromatic carbocycles. The third kappa shape index (κ3) is 4.09. The molecule has 2 aliphatic rings. The first-order valence-electron chi connectivity index (χ1n) is 9.05. The maximum Gasteiger partial charge on any atom is 0.341 e. The third-order valence-electron chi connectivity index (χ3n) is 5.29. The number of hydrogen-bond donors (Lipinski definition) is 2. The minimum atomic E-state index is -0.351. The summed E-state index contributed by atoms with van der Waals surface area (Å²) in [6.07, 6.45) is 4.71. The number of thiophene rings is 1. The molecule has 5 nitrogen and oxygen atoms in total. The highest BCUT2D eigenvalue weighted by Gasteiger charge is 2.34. The molecule has 0 spiro atoms. The molecule has 1 atom stereocenters. The number of nitrogens with one attached hydrogen (secondary N) is 2. The van der Waals surface area contributed by atoms with E-state index in [2.05, 4.69) is 31.4 Å². The van der Waals surface area contributed by atoms with Crippen LogP contribution < -0.4 is 10.6 Å². The summed E-state index contributed by atoms with van der Waals surface area (Å²) in [5.74, 6) is 0.263. The highest BCUT2D eigenvalue weighted by atomic mass is 32.1. The molecule has 1 heterocycles. The van der Waals surface area contributed by atoms with Gasteiger partial charge in [0, 0.05) is 10.8 Å². The Kier molecular flexibility index (Phi) is 5.40. The van der Waals surface area contributed by atoms with Gasteiger partial charge in [-0.05, 0) is 61.2 Å². The molecule has 1 saturated carbocycles. The van der Waals surface area contributed by atoms with Crippen molar-refractivity contribution >= 4 is 45.5 Å². The van der Waals surface area contributed by atoms with Gasteiger partial charge < -0.3 is 15.4 Å². The molecule has 1 aromatic rings. The second-order valence-corrected chi connectivity index (χ2v) is 9.74. The molecule has 0 bridgehead atoms. The Morgan fingerprint density at radius 3 is 2.50 bits per heavy atom. The first kappa shape index (κ1) is 19.3. The van der Waals surface area contributed by atoms with Gasteiger partial charge >= 0.3 is 5.97 Å². The van der Waals surface area contributed by atoms with Crippen molar-refractivity contribution in [3.05, 3.63) is 16.0 Å². The molecule has 0 aliphatic heterocycles. The van der Waals surface area contributed by atoms with Crippen molar-refractivity contribution in [2.24, 2.45) is 17.3 Å². The van der Waals surface area contributed by atoms with Crippen LogP contribution in [0.3, 0.4) is 0 Å². The van der Waals surface area contributed by atoms with Gasteiger partial charge in [-0.2, -0.15) is 0 Å². The van der Waals surface area contributed by atoms with E-state index in [0.717, 1.165) is 37.7 Å². The van der Waals surface area contributed by atoms with Gasteiger partial charge in [0.1, 0.15) is 5.00 Å². The van der Waals surface area contributed by atoms with Crippen LogP contribution in [0, 0.1) is 17.3 Å². The van der Waals surface area contributed by atoms with Gasteiger partial charge in [-0.3, -0.25) is 4.79 Å². The molecular formula is C19H26N2O3S2. The Morgan fingerprint density at radius 2 is 1.92 bits per heavy atom. The van der Waals surface area contributed by atoms with Crippen LogP contribution in [0.1, 0.15) is 60.8 Å². The molecule has 1 amide bonds. The highest BCUT2D eigenvalue weighted by Crippen LogP contribution is 2.44. The van der Waals surface area contributed by atoms with E-state index in [0.29, 0.717) is 16.5 Å². The predicted octanol–water partition coefficient (Wildman–Crippen LogP) is 3.91. The minimum Gasteiger partial charge on any atom is -0.465 e. The Bertz CT molecular complexity index is 745. The van der Waals surface area contributed by atoms with Crippen LogP contribution in [0.4, 0.5) is 5.00 Å². The molecule has 2 aliphatic carbocycles. The Labute approximate surface area is 163 Å². The number of methoxy groups -OCH3 is 1. The fraction of sp³-hybridized carbons (Fsp3) is 0.632. The van der Waals surface area contributed by atoms with E-state index in [1.807, 2.05) is 0 Å². The van der Waals surface area contributed by atoms with Gasteiger partial charge in [0.15, 0.2) is 5.11 Å². The van der Waals surface area contributed by atoms with Gasteiger partial charge in [0.2, 0.25) is 5.91 Å². The number of carbonyl (C=O) groups excluding carboxylic acids is 2. The molecule has 142 valence electrons. The summed E-state index contributed by atoms with van der Waals surface area (Å²) in [4.78, 5) is 25.5. The van der Waals surface area contributed by atoms with Crippen molar-refractivity contribution in [3.8, 4) is 0 Å².